The van der Waals surface area contributed by atoms with Gasteiger partial charge in [0.25, 0.3) is 0 Å². The third-order valence-electron chi connectivity index (χ3n) is 3.07. The Labute approximate surface area is 99.4 Å². The highest BCUT2D eigenvalue weighted by molar-refractivity contribution is 5.75. The number of piperidine rings is 1. The molecular formula is C11H19F3N2O. The number of hydrogen-bond donors (Lipinski definition) is 1. The van der Waals surface area contributed by atoms with Crippen molar-refractivity contribution in [3.63, 3.8) is 0 Å². The zero-order chi connectivity index (χ0) is 12.9. The molecule has 1 rings (SSSR count). The molecule has 0 spiro atoms. The largest absolute Gasteiger partial charge is 0.406 e. The Morgan fingerprint density at radius 1 is 1.35 bits per heavy atom. The molecule has 1 fully saturated rings. The standard InChI is InChI=1S/C11H19F3N2O/c1-16(8-11(12,13)14)10(17)3-2-9-4-6-15-7-5-9/h9,15H,2-8H2,1H3. The predicted octanol–water partition coefficient (Wildman–Crippen LogP) is 1.79. The smallest absolute Gasteiger partial charge is 0.337 e. The third-order valence-corrected chi connectivity index (χ3v) is 3.07. The topological polar surface area (TPSA) is 32.3 Å². The van der Waals surface area contributed by atoms with Crippen molar-refractivity contribution >= 4 is 5.91 Å². The fourth-order valence-corrected chi connectivity index (χ4v) is 2.05. The summed E-state index contributed by atoms with van der Waals surface area (Å²) in [7, 11) is 1.21. The zero-order valence-corrected chi connectivity index (χ0v) is 10.0. The Bertz CT molecular complexity index is 250. The number of carbonyl (C=O) groups excluding carboxylic acids is 1. The number of amides is 1. The second-order valence-electron chi connectivity index (χ2n) is 4.60. The molecule has 1 heterocycles. The number of nitrogens with one attached hydrogen (secondary N) is 1. The first kappa shape index (κ1) is 14.3. The molecule has 0 atom stereocenters. The maximum absolute atomic E-state index is 12.1. The maximum atomic E-state index is 12.1. The molecule has 1 N–H and O–H groups in total. The highest BCUT2D eigenvalue weighted by Gasteiger charge is 2.31. The lowest BCUT2D eigenvalue weighted by Crippen LogP contribution is -2.36. The van der Waals surface area contributed by atoms with E-state index in [0.29, 0.717) is 12.3 Å². The molecule has 0 aliphatic carbocycles. The van der Waals surface area contributed by atoms with E-state index in [1.165, 1.54) is 7.05 Å². The lowest BCUT2D eigenvalue weighted by Gasteiger charge is -2.24. The fraction of sp³-hybridized carbons (Fsp3) is 0.909. The molecule has 0 aromatic rings. The minimum absolute atomic E-state index is 0.219. The molecule has 6 heteroatoms. The molecule has 100 valence electrons. The van der Waals surface area contributed by atoms with E-state index in [1.807, 2.05) is 0 Å². The summed E-state index contributed by atoms with van der Waals surface area (Å²) in [6, 6.07) is 0. The number of hydrogen-bond acceptors (Lipinski definition) is 2. The van der Waals surface area contributed by atoms with E-state index in [1.54, 1.807) is 0 Å². The van der Waals surface area contributed by atoms with E-state index < -0.39 is 18.6 Å². The highest BCUT2D eigenvalue weighted by atomic mass is 19.4. The first-order valence-electron chi connectivity index (χ1n) is 5.90. The molecule has 1 saturated heterocycles. The van der Waals surface area contributed by atoms with Crippen LogP contribution in [0.3, 0.4) is 0 Å². The number of alkyl halides is 3. The Kier molecular flexibility index (Phi) is 5.24. The fourth-order valence-electron chi connectivity index (χ4n) is 2.05. The monoisotopic (exact) mass is 252 g/mol. The lowest BCUT2D eigenvalue weighted by atomic mass is 9.93. The zero-order valence-electron chi connectivity index (χ0n) is 10.0. The van der Waals surface area contributed by atoms with Crippen LogP contribution in [0, 0.1) is 5.92 Å². The summed E-state index contributed by atoms with van der Waals surface area (Å²) in [5.41, 5.74) is 0. The van der Waals surface area contributed by atoms with Crippen LogP contribution in [0.15, 0.2) is 0 Å². The predicted molar refractivity (Wildman–Crippen MR) is 58.5 cm³/mol. The molecular weight excluding hydrogens is 233 g/mol. The molecule has 0 aromatic carbocycles. The van der Waals surface area contributed by atoms with Crippen LogP contribution in [0.5, 0.6) is 0 Å². The van der Waals surface area contributed by atoms with Crippen LogP contribution < -0.4 is 5.32 Å². The van der Waals surface area contributed by atoms with Crippen molar-refractivity contribution in [2.24, 2.45) is 5.92 Å². The van der Waals surface area contributed by atoms with Crippen molar-refractivity contribution in [1.29, 1.82) is 0 Å². The van der Waals surface area contributed by atoms with E-state index in [-0.39, 0.29) is 6.42 Å². The second-order valence-corrected chi connectivity index (χ2v) is 4.60. The summed E-state index contributed by atoms with van der Waals surface area (Å²) in [6.45, 7) is 0.729. The number of carbonyl (C=O) groups is 1. The minimum atomic E-state index is -4.31. The highest BCUT2D eigenvalue weighted by Crippen LogP contribution is 2.20. The van der Waals surface area contributed by atoms with Gasteiger partial charge in [0.05, 0.1) is 0 Å². The van der Waals surface area contributed by atoms with Crippen molar-refractivity contribution in [3.8, 4) is 0 Å². The van der Waals surface area contributed by atoms with Gasteiger partial charge in [0.1, 0.15) is 6.54 Å². The normalized spacial score (nSPS) is 18.1. The van der Waals surface area contributed by atoms with Gasteiger partial charge >= 0.3 is 6.18 Å². The van der Waals surface area contributed by atoms with Gasteiger partial charge in [-0.3, -0.25) is 4.79 Å². The quantitative estimate of drug-likeness (QED) is 0.827. The van der Waals surface area contributed by atoms with Crippen LogP contribution in [0.2, 0.25) is 0 Å². The van der Waals surface area contributed by atoms with E-state index in [2.05, 4.69) is 5.32 Å². The van der Waals surface area contributed by atoms with E-state index in [0.717, 1.165) is 30.8 Å². The Balaban J connectivity index is 2.23. The van der Waals surface area contributed by atoms with Crippen molar-refractivity contribution < 1.29 is 18.0 Å². The third kappa shape index (κ3) is 5.91. The van der Waals surface area contributed by atoms with Crippen LogP contribution in [-0.2, 0) is 4.79 Å². The van der Waals surface area contributed by atoms with Gasteiger partial charge < -0.3 is 10.2 Å². The van der Waals surface area contributed by atoms with Gasteiger partial charge in [0.2, 0.25) is 5.91 Å². The summed E-state index contributed by atoms with van der Waals surface area (Å²) in [6.07, 6.45) is -1.37. The molecule has 0 unspecified atom stereocenters. The lowest BCUT2D eigenvalue weighted by molar-refractivity contribution is -0.158. The number of nitrogens with zero attached hydrogens (tertiary/aromatic N) is 1. The number of rotatable bonds is 4. The van der Waals surface area contributed by atoms with Crippen LogP contribution in [0.25, 0.3) is 0 Å². The van der Waals surface area contributed by atoms with Gasteiger partial charge in [0.15, 0.2) is 0 Å². The van der Waals surface area contributed by atoms with Crippen LogP contribution in [0.1, 0.15) is 25.7 Å². The van der Waals surface area contributed by atoms with Gasteiger partial charge in [-0.1, -0.05) is 0 Å². The Morgan fingerprint density at radius 2 is 1.94 bits per heavy atom. The molecule has 0 aromatic heterocycles. The van der Waals surface area contributed by atoms with E-state index >= 15 is 0 Å². The molecule has 0 saturated carbocycles. The summed E-state index contributed by atoms with van der Waals surface area (Å²) < 4.78 is 36.2. The van der Waals surface area contributed by atoms with Gasteiger partial charge in [0, 0.05) is 13.5 Å². The molecule has 0 bridgehead atoms. The molecule has 17 heavy (non-hydrogen) atoms. The van der Waals surface area contributed by atoms with Crippen molar-refractivity contribution in [1.82, 2.24) is 10.2 Å². The van der Waals surface area contributed by atoms with Gasteiger partial charge in [-0.05, 0) is 38.3 Å². The summed E-state index contributed by atoms with van der Waals surface area (Å²) in [4.78, 5) is 12.2. The molecule has 1 amide bonds. The van der Waals surface area contributed by atoms with Gasteiger partial charge in [-0.25, -0.2) is 0 Å². The van der Waals surface area contributed by atoms with Crippen molar-refractivity contribution in [2.45, 2.75) is 31.9 Å². The van der Waals surface area contributed by atoms with Gasteiger partial charge in [-0.2, -0.15) is 13.2 Å². The average molecular weight is 252 g/mol. The summed E-state index contributed by atoms with van der Waals surface area (Å²) in [5.74, 6) is 0.0559. The molecule has 0 radical (unpaired) electrons. The van der Waals surface area contributed by atoms with Crippen LogP contribution in [-0.4, -0.2) is 43.7 Å². The molecule has 3 nitrogen and oxygen atoms in total. The second kappa shape index (κ2) is 6.23. The van der Waals surface area contributed by atoms with Crippen LogP contribution >= 0.6 is 0 Å². The van der Waals surface area contributed by atoms with Crippen molar-refractivity contribution in [2.75, 3.05) is 26.7 Å². The van der Waals surface area contributed by atoms with Gasteiger partial charge in [-0.15, -0.1) is 0 Å². The Hall–Kier alpha value is -0.780. The van der Waals surface area contributed by atoms with Crippen LogP contribution in [0.4, 0.5) is 13.2 Å². The molecule has 1 aliphatic rings. The number of halogens is 3. The molecule has 1 aliphatic heterocycles. The summed E-state index contributed by atoms with van der Waals surface area (Å²) in [5, 5.41) is 3.21. The first-order chi connectivity index (χ1) is 7.88. The van der Waals surface area contributed by atoms with Crippen molar-refractivity contribution in [3.05, 3.63) is 0 Å². The Morgan fingerprint density at radius 3 is 2.47 bits per heavy atom. The van der Waals surface area contributed by atoms with E-state index in [9.17, 15) is 18.0 Å². The average Bonchev–Trinajstić information content (AvgIpc) is 2.25. The summed E-state index contributed by atoms with van der Waals surface area (Å²) >= 11 is 0. The SMILES string of the molecule is CN(CC(F)(F)F)C(=O)CCC1CCNCC1. The first-order valence-corrected chi connectivity index (χ1v) is 5.90. The minimum Gasteiger partial charge on any atom is -0.337 e. The maximum Gasteiger partial charge on any atom is 0.406 e. The van der Waals surface area contributed by atoms with E-state index in [4.69, 9.17) is 0 Å².